The molecule has 0 saturated heterocycles. The molecular formula is C17H15ClFN5. The molecule has 4 rings (SSSR count). The summed E-state index contributed by atoms with van der Waals surface area (Å²) >= 11 is 6.35. The normalized spacial score (nSPS) is 11.9. The van der Waals surface area contributed by atoms with Gasteiger partial charge in [0.2, 0.25) is 0 Å². The van der Waals surface area contributed by atoms with Gasteiger partial charge in [-0.2, -0.15) is 10.2 Å². The molecule has 4 aromatic rings. The molecule has 0 aliphatic heterocycles. The predicted molar refractivity (Wildman–Crippen MR) is 91.9 cm³/mol. The summed E-state index contributed by atoms with van der Waals surface area (Å²) in [6.45, 7) is 5.81. The van der Waals surface area contributed by atoms with Gasteiger partial charge in [0.25, 0.3) is 0 Å². The maximum Gasteiger partial charge on any atom is 0.192 e. The van der Waals surface area contributed by atoms with Crippen molar-refractivity contribution in [3.63, 3.8) is 0 Å². The van der Waals surface area contributed by atoms with Crippen LogP contribution in [0, 0.1) is 12.7 Å². The first-order chi connectivity index (χ1) is 11.5. The number of hydrogen-bond donors (Lipinski definition) is 1. The van der Waals surface area contributed by atoms with Gasteiger partial charge in [-0.1, -0.05) is 25.4 Å². The number of hydrogen-bond acceptors (Lipinski definition) is 3. The minimum absolute atomic E-state index is 0.109. The Hall–Kier alpha value is -2.47. The zero-order valence-corrected chi connectivity index (χ0v) is 14.2. The molecule has 3 heterocycles. The van der Waals surface area contributed by atoms with E-state index in [1.807, 2.05) is 32.9 Å². The van der Waals surface area contributed by atoms with E-state index < -0.39 is 0 Å². The molecule has 0 fully saturated rings. The second-order valence-electron chi connectivity index (χ2n) is 6.18. The van der Waals surface area contributed by atoms with E-state index in [0.29, 0.717) is 10.8 Å². The lowest BCUT2D eigenvalue weighted by molar-refractivity contribution is 0.626. The van der Waals surface area contributed by atoms with Gasteiger partial charge in [-0.15, -0.1) is 0 Å². The van der Waals surface area contributed by atoms with Crippen LogP contribution in [-0.2, 0) is 0 Å². The highest BCUT2D eigenvalue weighted by atomic mass is 35.5. The van der Waals surface area contributed by atoms with Crippen LogP contribution in [0.1, 0.15) is 31.2 Å². The summed E-state index contributed by atoms with van der Waals surface area (Å²) in [5.74, 6) is 0.333. The zero-order valence-electron chi connectivity index (χ0n) is 13.4. The van der Waals surface area contributed by atoms with Crippen LogP contribution in [0.25, 0.3) is 27.8 Å². The van der Waals surface area contributed by atoms with Crippen LogP contribution >= 0.6 is 11.6 Å². The molecule has 0 spiro atoms. The van der Waals surface area contributed by atoms with Crippen LogP contribution in [0.5, 0.6) is 0 Å². The number of pyridine rings is 1. The molecular weight excluding hydrogens is 329 g/mol. The average molecular weight is 344 g/mol. The van der Waals surface area contributed by atoms with Crippen molar-refractivity contribution in [2.24, 2.45) is 0 Å². The van der Waals surface area contributed by atoms with E-state index >= 15 is 0 Å². The quantitative estimate of drug-likeness (QED) is 0.583. The Morgan fingerprint density at radius 1 is 1.25 bits per heavy atom. The molecule has 0 amide bonds. The molecule has 7 heteroatoms. The van der Waals surface area contributed by atoms with E-state index in [-0.39, 0.29) is 17.4 Å². The third kappa shape index (κ3) is 2.17. The van der Waals surface area contributed by atoms with Gasteiger partial charge in [-0.25, -0.2) is 13.9 Å². The molecule has 24 heavy (non-hydrogen) atoms. The fraction of sp³-hybridized carbons (Fsp3) is 0.235. The molecule has 0 aliphatic carbocycles. The molecule has 0 atom stereocenters. The van der Waals surface area contributed by atoms with Gasteiger partial charge < -0.3 is 0 Å². The standard InChI is InChI=1S/C17H15ClFN5/c1-8(2)16-21-17-13(19)4-9(3)15(24(17)23-16)10-5-11-7-20-22-14(11)12(18)6-10/h4-8H,1-3H3,(H,20,22). The smallest absolute Gasteiger partial charge is 0.192 e. The van der Waals surface area contributed by atoms with Crippen LogP contribution < -0.4 is 0 Å². The minimum atomic E-state index is -0.383. The number of rotatable bonds is 2. The van der Waals surface area contributed by atoms with Crippen molar-refractivity contribution in [1.82, 2.24) is 24.8 Å². The van der Waals surface area contributed by atoms with Gasteiger partial charge in [0.15, 0.2) is 17.3 Å². The first kappa shape index (κ1) is 15.1. The van der Waals surface area contributed by atoms with Crippen molar-refractivity contribution < 1.29 is 4.39 Å². The summed E-state index contributed by atoms with van der Waals surface area (Å²) in [5, 5.41) is 12.8. The number of halogens is 2. The second-order valence-corrected chi connectivity index (χ2v) is 6.58. The molecule has 5 nitrogen and oxygen atoms in total. The number of H-pyrrole nitrogens is 1. The maximum atomic E-state index is 14.3. The maximum absolute atomic E-state index is 14.3. The van der Waals surface area contributed by atoms with E-state index in [0.717, 1.165) is 27.7 Å². The fourth-order valence-corrected chi connectivity index (χ4v) is 3.14. The third-order valence-corrected chi connectivity index (χ3v) is 4.35. The topological polar surface area (TPSA) is 58.9 Å². The molecule has 1 N–H and O–H groups in total. The Labute approximate surface area is 142 Å². The number of aromatic amines is 1. The van der Waals surface area contributed by atoms with E-state index in [1.54, 1.807) is 10.7 Å². The van der Waals surface area contributed by atoms with Gasteiger partial charge in [-0.3, -0.25) is 5.10 Å². The molecule has 1 aromatic carbocycles. The molecule has 0 saturated carbocycles. The molecule has 122 valence electrons. The van der Waals surface area contributed by atoms with Crippen LogP contribution in [-0.4, -0.2) is 24.8 Å². The van der Waals surface area contributed by atoms with Gasteiger partial charge in [0.05, 0.1) is 22.4 Å². The summed E-state index contributed by atoms with van der Waals surface area (Å²) in [7, 11) is 0. The molecule has 3 aromatic heterocycles. The van der Waals surface area contributed by atoms with Crippen molar-refractivity contribution in [3.8, 4) is 11.3 Å². The Bertz CT molecular complexity index is 1080. The highest BCUT2D eigenvalue weighted by molar-refractivity contribution is 6.35. The van der Waals surface area contributed by atoms with Gasteiger partial charge in [0, 0.05) is 16.9 Å². The lowest BCUT2D eigenvalue weighted by Gasteiger charge is -2.10. The van der Waals surface area contributed by atoms with Gasteiger partial charge in [-0.05, 0) is 30.7 Å². The van der Waals surface area contributed by atoms with E-state index in [9.17, 15) is 4.39 Å². The van der Waals surface area contributed by atoms with Gasteiger partial charge >= 0.3 is 0 Å². The van der Waals surface area contributed by atoms with Crippen LogP contribution in [0.3, 0.4) is 0 Å². The zero-order chi connectivity index (χ0) is 17.0. The highest BCUT2D eigenvalue weighted by Gasteiger charge is 2.18. The minimum Gasteiger partial charge on any atom is -0.276 e. The summed E-state index contributed by atoms with van der Waals surface area (Å²) in [6.07, 6.45) is 1.71. The lowest BCUT2D eigenvalue weighted by Crippen LogP contribution is -2.00. The van der Waals surface area contributed by atoms with Crippen LogP contribution in [0.2, 0.25) is 5.02 Å². The largest absolute Gasteiger partial charge is 0.276 e. The SMILES string of the molecule is Cc1cc(F)c2nc(C(C)C)nn2c1-c1cc(Cl)c2[nH]ncc2c1. The van der Waals surface area contributed by atoms with Crippen molar-refractivity contribution in [1.29, 1.82) is 0 Å². The van der Waals surface area contributed by atoms with Crippen molar-refractivity contribution in [3.05, 3.63) is 46.6 Å². The molecule has 0 aliphatic rings. The summed E-state index contributed by atoms with van der Waals surface area (Å²) < 4.78 is 15.9. The van der Waals surface area contributed by atoms with Crippen molar-refractivity contribution >= 4 is 28.2 Å². The first-order valence-corrected chi connectivity index (χ1v) is 8.02. The highest BCUT2D eigenvalue weighted by Crippen LogP contribution is 2.32. The second kappa shape index (κ2) is 5.27. The van der Waals surface area contributed by atoms with E-state index in [4.69, 9.17) is 11.6 Å². The Morgan fingerprint density at radius 3 is 2.79 bits per heavy atom. The monoisotopic (exact) mass is 343 g/mol. The van der Waals surface area contributed by atoms with E-state index in [1.165, 1.54) is 6.07 Å². The number of nitrogens with one attached hydrogen (secondary N) is 1. The Kier molecular flexibility index (Phi) is 3.31. The molecule has 0 radical (unpaired) electrons. The van der Waals surface area contributed by atoms with Crippen molar-refractivity contribution in [2.75, 3.05) is 0 Å². The van der Waals surface area contributed by atoms with Crippen LogP contribution in [0.4, 0.5) is 4.39 Å². The summed E-state index contributed by atoms with van der Waals surface area (Å²) in [5.41, 5.74) is 3.38. The molecule has 0 bridgehead atoms. The number of benzene rings is 1. The number of fused-ring (bicyclic) bond motifs is 2. The third-order valence-electron chi connectivity index (χ3n) is 4.06. The number of nitrogens with zero attached hydrogens (tertiary/aromatic N) is 4. The van der Waals surface area contributed by atoms with Gasteiger partial charge in [0.1, 0.15) is 0 Å². The first-order valence-electron chi connectivity index (χ1n) is 7.64. The average Bonchev–Trinajstić information content (AvgIpc) is 3.14. The number of aromatic nitrogens is 5. The summed E-state index contributed by atoms with van der Waals surface area (Å²) in [6, 6.07) is 5.27. The van der Waals surface area contributed by atoms with Crippen LogP contribution in [0.15, 0.2) is 24.4 Å². The lowest BCUT2D eigenvalue weighted by atomic mass is 10.0. The predicted octanol–water partition coefficient (Wildman–Crippen LogP) is 4.50. The fourth-order valence-electron chi connectivity index (χ4n) is 2.87. The van der Waals surface area contributed by atoms with Crippen molar-refractivity contribution in [2.45, 2.75) is 26.7 Å². The number of aryl methyl sites for hydroxylation is 1. The Balaban J connectivity index is 2.07. The molecule has 0 unspecified atom stereocenters. The van der Waals surface area contributed by atoms with E-state index in [2.05, 4.69) is 20.3 Å². The summed E-state index contributed by atoms with van der Waals surface area (Å²) in [4.78, 5) is 4.34. The Morgan fingerprint density at radius 2 is 2.04 bits per heavy atom.